The van der Waals surface area contributed by atoms with Crippen LogP contribution in [-0.4, -0.2) is 26.7 Å². The molecule has 0 radical (unpaired) electrons. The SMILES string of the molecule is CCc1cccc(NC(N)=NCCS(=O)(=O)c2ccccc2F)c1. The lowest BCUT2D eigenvalue weighted by atomic mass is 10.1. The number of benzene rings is 2. The first kappa shape index (κ1) is 17.9. The highest BCUT2D eigenvalue weighted by Crippen LogP contribution is 2.15. The third-order valence-electron chi connectivity index (χ3n) is 3.42. The van der Waals surface area contributed by atoms with Crippen molar-refractivity contribution >= 4 is 21.5 Å². The van der Waals surface area contributed by atoms with Gasteiger partial charge < -0.3 is 11.1 Å². The highest BCUT2D eigenvalue weighted by molar-refractivity contribution is 7.91. The summed E-state index contributed by atoms with van der Waals surface area (Å²) in [5, 5.41) is 2.91. The van der Waals surface area contributed by atoms with Crippen LogP contribution in [0.4, 0.5) is 10.1 Å². The van der Waals surface area contributed by atoms with E-state index in [0.29, 0.717) is 0 Å². The predicted octanol–water partition coefficient (Wildman–Crippen LogP) is 2.59. The number of guanidine groups is 1. The topological polar surface area (TPSA) is 84.5 Å². The smallest absolute Gasteiger partial charge is 0.193 e. The Kier molecular flexibility index (Phi) is 5.92. The number of nitrogens with zero attached hydrogens (tertiary/aromatic N) is 1. The molecular formula is C17H20FN3O2S. The van der Waals surface area contributed by atoms with E-state index in [1.54, 1.807) is 0 Å². The van der Waals surface area contributed by atoms with Crippen LogP contribution in [0.1, 0.15) is 12.5 Å². The Bertz CT molecular complexity index is 835. The first-order valence-corrected chi connectivity index (χ1v) is 9.21. The fraction of sp³-hybridized carbons (Fsp3) is 0.235. The van der Waals surface area contributed by atoms with E-state index in [-0.39, 0.29) is 23.2 Å². The van der Waals surface area contributed by atoms with Crippen LogP contribution in [0, 0.1) is 5.82 Å². The molecule has 2 aromatic rings. The Labute approximate surface area is 141 Å². The Morgan fingerprint density at radius 3 is 2.67 bits per heavy atom. The van der Waals surface area contributed by atoms with Crippen molar-refractivity contribution in [3.05, 3.63) is 59.9 Å². The van der Waals surface area contributed by atoms with E-state index >= 15 is 0 Å². The van der Waals surface area contributed by atoms with Crippen molar-refractivity contribution in [2.75, 3.05) is 17.6 Å². The predicted molar refractivity (Wildman–Crippen MR) is 94.4 cm³/mol. The van der Waals surface area contributed by atoms with Crippen LogP contribution in [0.2, 0.25) is 0 Å². The maximum Gasteiger partial charge on any atom is 0.193 e. The molecule has 0 saturated heterocycles. The van der Waals surface area contributed by atoms with Gasteiger partial charge in [-0.2, -0.15) is 0 Å². The molecule has 0 aliphatic heterocycles. The van der Waals surface area contributed by atoms with Crippen LogP contribution in [0.15, 0.2) is 58.4 Å². The summed E-state index contributed by atoms with van der Waals surface area (Å²) in [5.41, 5.74) is 7.70. The second-order valence-electron chi connectivity index (χ2n) is 5.20. The number of halogens is 1. The quantitative estimate of drug-likeness (QED) is 0.620. The summed E-state index contributed by atoms with van der Waals surface area (Å²) in [6, 6.07) is 13.0. The minimum absolute atomic E-state index is 0.0526. The van der Waals surface area contributed by atoms with Crippen LogP contribution in [0.5, 0.6) is 0 Å². The number of hydrogen-bond donors (Lipinski definition) is 2. The van der Waals surface area contributed by atoms with Gasteiger partial charge in [0.25, 0.3) is 0 Å². The van der Waals surface area contributed by atoms with Crippen molar-refractivity contribution in [2.45, 2.75) is 18.2 Å². The average Bonchev–Trinajstić information content (AvgIpc) is 2.55. The number of nitrogens with one attached hydrogen (secondary N) is 1. The van der Waals surface area contributed by atoms with Gasteiger partial charge >= 0.3 is 0 Å². The van der Waals surface area contributed by atoms with Gasteiger partial charge in [-0.3, -0.25) is 4.99 Å². The van der Waals surface area contributed by atoms with Crippen molar-refractivity contribution in [3.8, 4) is 0 Å². The van der Waals surface area contributed by atoms with Gasteiger partial charge in [0, 0.05) is 5.69 Å². The highest BCUT2D eigenvalue weighted by Gasteiger charge is 2.18. The number of anilines is 1. The third kappa shape index (κ3) is 4.79. The molecule has 0 fully saturated rings. The van der Waals surface area contributed by atoms with Gasteiger partial charge in [0.1, 0.15) is 10.7 Å². The lowest BCUT2D eigenvalue weighted by Crippen LogP contribution is -2.24. The molecule has 7 heteroatoms. The minimum atomic E-state index is -3.74. The van der Waals surface area contributed by atoms with Crippen LogP contribution < -0.4 is 11.1 Å². The summed E-state index contributed by atoms with van der Waals surface area (Å²) in [6.07, 6.45) is 0.896. The minimum Gasteiger partial charge on any atom is -0.370 e. The van der Waals surface area contributed by atoms with E-state index in [1.165, 1.54) is 18.2 Å². The standard InChI is InChI=1S/C17H20FN3O2S/c1-2-13-6-5-7-14(12-13)21-17(19)20-10-11-24(22,23)16-9-4-3-8-15(16)18/h3-9,12H,2,10-11H2,1H3,(H3,19,20,21). The zero-order valence-electron chi connectivity index (χ0n) is 13.4. The van der Waals surface area contributed by atoms with Crippen molar-refractivity contribution in [1.29, 1.82) is 0 Å². The van der Waals surface area contributed by atoms with Gasteiger partial charge in [-0.15, -0.1) is 0 Å². The summed E-state index contributed by atoms with van der Waals surface area (Å²) in [7, 11) is -3.74. The molecule has 0 heterocycles. The number of aliphatic imine (C=N–C) groups is 1. The molecule has 0 unspecified atom stereocenters. The number of aryl methyl sites for hydroxylation is 1. The fourth-order valence-corrected chi connectivity index (χ4v) is 3.35. The molecule has 0 aromatic heterocycles. The number of hydrogen-bond acceptors (Lipinski definition) is 3. The zero-order valence-corrected chi connectivity index (χ0v) is 14.2. The van der Waals surface area contributed by atoms with E-state index < -0.39 is 15.7 Å². The maximum absolute atomic E-state index is 13.6. The van der Waals surface area contributed by atoms with Crippen molar-refractivity contribution < 1.29 is 12.8 Å². The normalized spacial score (nSPS) is 12.2. The molecule has 0 spiro atoms. The fourth-order valence-electron chi connectivity index (χ4n) is 2.15. The average molecular weight is 349 g/mol. The van der Waals surface area contributed by atoms with Gasteiger partial charge in [-0.05, 0) is 36.2 Å². The van der Waals surface area contributed by atoms with Gasteiger partial charge in [0.05, 0.1) is 12.3 Å². The highest BCUT2D eigenvalue weighted by atomic mass is 32.2. The van der Waals surface area contributed by atoms with Gasteiger partial charge in [0.15, 0.2) is 15.8 Å². The molecule has 128 valence electrons. The van der Waals surface area contributed by atoms with Crippen LogP contribution >= 0.6 is 0 Å². The van der Waals surface area contributed by atoms with E-state index in [0.717, 1.165) is 23.7 Å². The summed E-state index contributed by atoms with van der Waals surface area (Å²) < 4.78 is 37.8. The first-order valence-electron chi connectivity index (χ1n) is 7.55. The molecule has 3 N–H and O–H groups in total. The largest absolute Gasteiger partial charge is 0.370 e. The Morgan fingerprint density at radius 2 is 1.96 bits per heavy atom. The Morgan fingerprint density at radius 1 is 1.21 bits per heavy atom. The molecular weight excluding hydrogens is 329 g/mol. The molecule has 2 rings (SSSR count). The van der Waals surface area contributed by atoms with Crippen LogP contribution in [0.3, 0.4) is 0 Å². The van der Waals surface area contributed by atoms with E-state index in [4.69, 9.17) is 5.73 Å². The number of sulfone groups is 1. The molecule has 0 saturated carbocycles. The summed E-state index contributed by atoms with van der Waals surface area (Å²) in [5.74, 6) is -0.957. The molecule has 0 aliphatic carbocycles. The van der Waals surface area contributed by atoms with Crippen molar-refractivity contribution in [1.82, 2.24) is 0 Å². The first-order chi connectivity index (χ1) is 11.4. The Hall–Kier alpha value is -2.41. The number of rotatable bonds is 6. The zero-order chi connectivity index (χ0) is 17.6. The molecule has 0 bridgehead atoms. The van der Waals surface area contributed by atoms with E-state index in [1.807, 2.05) is 31.2 Å². The third-order valence-corrected chi connectivity index (χ3v) is 5.14. The Balaban J connectivity index is 1.99. The van der Waals surface area contributed by atoms with Crippen LogP contribution in [0.25, 0.3) is 0 Å². The lowest BCUT2D eigenvalue weighted by molar-refractivity contribution is 0.567. The molecule has 0 aliphatic rings. The van der Waals surface area contributed by atoms with Gasteiger partial charge in [-0.1, -0.05) is 31.2 Å². The molecule has 2 aromatic carbocycles. The van der Waals surface area contributed by atoms with E-state index in [9.17, 15) is 12.8 Å². The number of nitrogens with two attached hydrogens (primary N) is 1. The summed E-state index contributed by atoms with van der Waals surface area (Å²) >= 11 is 0. The summed E-state index contributed by atoms with van der Waals surface area (Å²) in [4.78, 5) is 3.68. The monoisotopic (exact) mass is 349 g/mol. The van der Waals surface area contributed by atoms with Gasteiger partial charge in [0.2, 0.25) is 0 Å². The molecule has 0 amide bonds. The summed E-state index contributed by atoms with van der Waals surface area (Å²) in [6.45, 7) is 1.99. The van der Waals surface area contributed by atoms with Crippen molar-refractivity contribution in [3.63, 3.8) is 0 Å². The molecule has 0 atom stereocenters. The second kappa shape index (κ2) is 7.92. The van der Waals surface area contributed by atoms with Gasteiger partial charge in [-0.25, -0.2) is 12.8 Å². The molecule has 5 nitrogen and oxygen atoms in total. The van der Waals surface area contributed by atoms with Crippen molar-refractivity contribution in [2.24, 2.45) is 10.7 Å². The van der Waals surface area contributed by atoms with Crippen LogP contribution in [-0.2, 0) is 16.3 Å². The second-order valence-corrected chi connectivity index (χ2v) is 7.27. The maximum atomic E-state index is 13.6. The van der Waals surface area contributed by atoms with E-state index in [2.05, 4.69) is 10.3 Å². The molecule has 24 heavy (non-hydrogen) atoms. The lowest BCUT2D eigenvalue weighted by Gasteiger charge is -2.07.